The SMILES string of the molecule is CCC(C)Oc1cc(C)ccc1CNC(=NC)NCC(=O)N(C)CCc1ccccn1.I. The molecule has 2 rings (SSSR count). The molecule has 7 nitrogen and oxygen atoms in total. The van der Waals surface area contributed by atoms with Gasteiger partial charge in [-0.3, -0.25) is 14.8 Å². The van der Waals surface area contributed by atoms with Crippen LogP contribution in [0.15, 0.2) is 47.6 Å². The fourth-order valence-corrected chi connectivity index (χ4v) is 2.86. The van der Waals surface area contributed by atoms with Crippen LogP contribution in [0.1, 0.15) is 37.1 Å². The number of likely N-dealkylation sites (N-methyl/N-ethyl adjacent to an activating group) is 1. The fourth-order valence-electron chi connectivity index (χ4n) is 2.86. The molecule has 2 aromatic rings. The molecule has 0 bridgehead atoms. The van der Waals surface area contributed by atoms with Gasteiger partial charge in [0.2, 0.25) is 5.91 Å². The molecule has 1 aromatic heterocycles. The van der Waals surface area contributed by atoms with Gasteiger partial charge in [-0.1, -0.05) is 25.1 Å². The Hall–Kier alpha value is -2.36. The van der Waals surface area contributed by atoms with Crippen molar-refractivity contribution in [1.82, 2.24) is 20.5 Å². The molecule has 0 aliphatic heterocycles. The Kier molecular flexibility index (Phi) is 12.7. The van der Waals surface area contributed by atoms with Crippen LogP contribution in [0.2, 0.25) is 0 Å². The molecule has 0 saturated heterocycles. The van der Waals surface area contributed by atoms with Crippen molar-refractivity contribution < 1.29 is 9.53 Å². The first-order valence-electron chi connectivity index (χ1n) is 10.8. The van der Waals surface area contributed by atoms with E-state index in [-0.39, 0.29) is 42.5 Å². The molecule has 1 atom stereocenters. The first kappa shape index (κ1) is 27.7. The van der Waals surface area contributed by atoms with Crippen molar-refractivity contribution in [2.75, 3.05) is 27.2 Å². The van der Waals surface area contributed by atoms with Crippen molar-refractivity contribution in [3.63, 3.8) is 0 Å². The third-order valence-electron chi connectivity index (χ3n) is 5.06. The Balaban J connectivity index is 0.00000512. The highest BCUT2D eigenvalue weighted by Crippen LogP contribution is 2.22. The number of nitrogens with zero attached hydrogens (tertiary/aromatic N) is 3. The third-order valence-corrected chi connectivity index (χ3v) is 5.06. The number of benzene rings is 1. The Morgan fingerprint density at radius 2 is 2.03 bits per heavy atom. The Labute approximate surface area is 209 Å². The number of guanidine groups is 1. The van der Waals surface area contributed by atoms with Crippen LogP contribution in [0.25, 0.3) is 0 Å². The predicted octanol–water partition coefficient (Wildman–Crippen LogP) is 3.55. The van der Waals surface area contributed by atoms with Crippen molar-refractivity contribution in [3.05, 3.63) is 59.4 Å². The van der Waals surface area contributed by atoms with Gasteiger partial charge in [0.05, 0.1) is 12.6 Å². The molecule has 0 saturated carbocycles. The van der Waals surface area contributed by atoms with E-state index in [1.54, 1.807) is 25.2 Å². The largest absolute Gasteiger partial charge is 0.490 e. The van der Waals surface area contributed by atoms with E-state index in [1.165, 1.54) is 0 Å². The maximum atomic E-state index is 12.4. The van der Waals surface area contributed by atoms with E-state index < -0.39 is 0 Å². The number of hydrogen-bond acceptors (Lipinski definition) is 4. The number of halogens is 1. The summed E-state index contributed by atoms with van der Waals surface area (Å²) in [5.74, 6) is 1.44. The molecule has 0 fully saturated rings. The number of carbonyl (C=O) groups excluding carboxylic acids is 1. The van der Waals surface area contributed by atoms with Crippen LogP contribution < -0.4 is 15.4 Å². The van der Waals surface area contributed by atoms with Gasteiger partial charge >= 0.3 is 0 Å². The zero-order valence-corrected chi connectivity index (χ0v) is 22.1. The van der Waals surface area contributed by atoms with Crippen molar-refractivity contribution >= 4 is 35.8 Å². The summed E-state index contributed by atoms with van der Waals surface area (Å²) in [6, 6.07) is 12.0. The topological polar surface area (TPSA) is 78.8 Å². The van der Waals surface area contributed by atoms with Crippen molar-refractivity contribution in [2.45, 2.75) is 46.3 Å². The number of aliphatic imine (C=N–C) groups is 1. The van der Waals surface area contributed by atoms with Crippen molar-refractivity contribution in [3.8, 4) is 5.75 Å². The minimum absolute atomic E-state index is 0. The van der Waals surface area contributed by atoms with Gasteiger partial charge in [-0.25, -0.2) is 0 Å². The lowest BCUT2D eigenvalue weighted by atomic mass is 10.1. The zero-order valence-electron chi connectivity index (χ0n) is 19.7. The standard InChI is InChI=1S/C24H35N5O2.HI/c1-6-19(3)31-22-15-18(2)10-11-20(22)16-27-24(25-4)28-17-23(30)29(5)14-12-21-9-7-8-13-26-21;/h7-11,13,15,19H,6,12,14,16-17H2,1-5H3,(H2,25,27,28);1H. The highest BCUT2D eigenvalue weighted by molar-refractivity contribution is 14.0. The van der Waals surface area contributed by atoms with E-state index in [4.69, 9.17) is 4.74 Å². The quantitative estimate of drug-likeness (QED) is 0.268. The van der Waals surface area contributed by atoms with Gasteiger partial charge in [0.15, 0.2) is 5.96 Å². The second kappa shape index (κ2) is 14.7. The Morgan fingerprint density at radius 3 is 2.69 bits per heavy atom. The van der Waals surface area contributed by atoms with Gasteiger partial charge in [-0.05, 0) is 44.0 Å². The molecule has 8 heteroatoms. The van der Waals surface area contributed by atoms with Crippen LogP contribution in [0.3, 0.4) is 0 Å². The lowest BCUT2D eigenvalue weighted by molar-refractivity contribution is -0.128. The molecule has 0 spiro atoms. The second-order valence-corrected chi connectivity index (χ2v) is 7.61. The number of pyridine rings is 1. The number of aryl methyl sites for hydroxylation is 1. The number of rotatable bonds is 10. The van der Waals surface area contributed by atoms with Gasteiger partial charge in [0, 0.05) is 51.1 Å². The van der Waals surface area contributed by atoms with E-state index in [0.29, 0.717) is 19.0 Å². The summed E-state index contributed by atoms with van der Waals surface area (Å²) in [4.78, 5) is 22.7. The Bertz CT molecular complexity index is 861. The number of carbonyl (C=O) groups is 1. The maximum Gasteiger partial charge on any atom is 0.241 e. The first-order chi connectivity index (χ1) is 14.9. The molecule has 32 heavy (non-hydrogen) atoms. The monoisotopic (exact) mass is 553 g/mol. The summed E-state index contributed by atoms with van der Waals surface area (Å²) < 4.78 is 6.07. The normalized spacial score (nSPS) is 11.8. The average molecular weight is 553 g/mol. The third kappa shape index (κ3) is 9.42. The Morgan fingerprint density at radius 1 is 1.25 bits per heavy atom. The summed E-state index contributed by atoms with van der Waals surface area (Å²) in [7, 11) is 3.49. The van der Waals surface area contributed by atoms with Crippen molar-refractivity contribution in [1.29, 1.82) is 0 Å². The van der Waals surface area contributed by atoms with E-state index in [2.05, 4.69) is 59.6 Å². The molecule has 1 unspecified atom stereocenters. The highest BCUT2D eigenvalue weighted by Gasteiger charge is 2.12. The summed E-state index contributed by atoms with van der Waals surface area (Å²) in [6.07, 6.45) is 3.58. The fraction of sp³-hybridized carbons (Fsp3) is 0.458. The number of aromatic nitrogens is 1. The maximum absolute atomic E-state index is 12.4. The molecule has 1 amide bonds. The number of nitrogens with one attached hydrogen (secondary N) is 2. The van der Waals surface area contributed by atoms with Crippen molar-refractivity contribution in [2.24, 2.45) is 4.99 Å². The zero-order chi connectivity index (χ0) is 22.6. The summed E-state index contributed by atoms with van der Waals surface area (Å²) in [6.45, 7) is 7.56. The van der Waals surface area contributed by atoms with Gasteiger partial charge in [0.1, 0.15) is 5.75 Å². The van der Waals surface area contributed by atoms with Gasteiger partial charge < -0.3 is 20.3 Å². The molecule has 176 valence electrons. The summed E-state index contributed by atoms with van der Waals surface area (Å²) in [5.41, 5.74) is 3.18. The number of amides is 1. The second-order valence-electron chi connectivity index (χ2n) is 7.61. The predicted molar refractivity (Wildman–Crippen MR) is 141 cm³/mol. The minimum atomic E-state index is -0.00462. The molecule has 2 N–H and O–H groups in total. The van der Waals surface area contributed by atoms with Crippen LogP contribution in [0, 0.1) is 6.92 Å². The highest BCUT2D eigenvalue weighted by atomic mass is 127. The molecule has 1 heterocycles. The van der Waals surface area contributed by atoms with E-state index in [0.717, 1.165) is 35.4 Å². The van der Waals surface area contributed by atoms with E-state index >= 15 is 0 Å². The average Bonchev–Trinajstić information content (AvgIpc) is 2.79. The molecule has 0 aliphatic carbocycles. The van der Waals surface area contributed by atoms with Crippen LogP contribution in [-0.2, 0) is 17.8 Å². The number of hydrogen-bond donors (Lipinski definition) is 2. The smallest absolute Gasteiger partial charge is 0.241 e. The van der Waals surface area contributed by atoms with Gasteiger partial charge in [0.25, 0.3) is 0 Å². The molecule has 0 aliphatic rings. The van der Waals surface area contributed by atoms with Crippen LogP contribution in [0.5, 0.6) is 5.75 Å². The van der Waals surface area contributed by atoms with Gasteiger partial charge in [-0.2, -0.15) is 0 Å². The van der Waals surface area contributed by atoms with Crippen LogP contribution >= 0.6 is 24.0 Å². The number of ether oxygens (including phenoxy) is 1. The summed E-state index contributed by atoms with van der Waals surface area (Å²) >= 11 is 0. The van der Waals surface area contributed by atoms with Crippen LogP contribution in [-0.4, -0.2) is 55.0 Å². The first-order valence-corrected chi connectivity index (χ1v) is 10.8. The van der Waals surface area contributed by atoms with E-state index in [1.807, 2.05) is 18.2 Å². The molecular formula is C24H36IN5O2. The van der Waals surface area contributed by atoms with E-state index in [9.17, 15) is 4.79 Å². The minimum Gasteiger partial charge on any atom is -0.490 e. The molecule has 1 aromatic carbocycles. The molecular weight excluding hydrogens is 517 g/mol. The van der Waals surface area contributed by atoms with Gasteiger partial charge in [-0.15, -0.1) is 24.0 Å². The lowest BCUT2D eigenvalue weighted by Gasteiger charge is -2.20. The molecule has 0 radical (unpaired) electrons. The summed E-state index contributed by atoms with van der Waals surface area (Å²) in [5, 5.41) is 6.36. The van der Waals surface area contributed by atoms with Crippen LogP contribution in [0.4, 0.5) is 0 Å². The lowest BCUT2D eigenvalue weighted by Crippen LogP contribution is -2.43.